The number of carbonyl (C=O) groups excluding carboxylic acids is 1. The van der Waals surface area contributed by atoms with Gasteiger partial charge in [0.2, 0.25) is 0 Å². The van der Waals surface area contributed by atoms with E-state index >= 15 is 0 Å². The number of ether oxygens (including phenoxy) is 1. The Kier molecular flexibility index (Phi) is 8.62. The number of carbonyl (C=O) groups is 1. The minimum Gasteiger partial charge on any atom is -0.423 e. The average Bonchev–Trinajstić information content (AvgIpc) is 2.87. The maximum atomic E-state index is 14.7. The number of hydrogen-bond donors (Lipinski definition) is 0. The molecule has 0 saturated heterocycles. The minimum absolute atomic E-state index is 0.228. The first-order valence-electron chi connectivity index (χ1n) is 12.7. The van der Waals surface area contributed by atoms with E-state index in [1.807, 2.05) is 12.1 Å². The van der Waals surface area contributed by atoms with E-state index in [2.05, 4.69) is 11.7 Å². The molecule has 0 heterocycles. The second-order valence-corrected chi connectivity index (χ2v) is 9.82. The fourth-order valence-corrected chi connectivity index (χ4v) is 5.14. The molecule has 0 atom stereocenters. The highest BCUT2D eigenvalue weighted by atomic mass is 19.2. The fourth-order valence-electron chi connectivity index (χ4n) is 5.14. The molecule has 3 aromatic carbocycles. The Hall–Kier alpha value is -3.22. The molecule has 0 amide bonds. The van der Waals surface area contributed by atoms with Gasteiger partial charge >= 0.3 is 5.97 Å². The van der Waals surface area contributed by atoms with E-state index < -0.39 is 46.4 Å². The summed E-state index contributed by atoms with van der Waals surface area (Å²) >= 11 is 0. The number of esters is 1. The number of halogens is 5. The summed E-state index contributed by atoms with van der Waals surface area (Å²) in [5, 5.41) is 0. The molecular weight excluding hydrogens is 487 g/mol. The van der Waals surface area contributed by atoms with Crippen LogP contribution in [0.4, 0.5) is 22.0 Å². The van der Waals surface area contributed by atoms with Gasteiger partial charge < -0.3 is 4.74 Å². The zero-order valence-corrected chi connectivity index (χ0v) is 20.6. The summed E-state index contributed by atoms with van der Waals surface area (Å²) in [4.78, 5) is 12.3. The largest absolute Gasteiger partial charge is 0.423 e. The summed E-state index contributed by atoms with van der Waals surface area (Å²) < 4.78 is 73.9. The Morgan fingerprint density at radius 2 is 1.30 bits per heavy atom. The molecule has 0 bridgehead atoms. The number of benzene rings is 3. The second kappa shape index (κ2) is 11.9. The van der Waals surface area contributed by atoms with Crippen LogP contribution in [-0.4, -0.2) is 5.97 Å². The van der Waals surface area contributed by atoms with Crippen LogP contribution in [0.3, 0.4) is 0 Å². The molecule has 0 spiro atoms. The van der Waals surface area contributed by atoms with Crippen molar-refractivity contribution >= 4 is 5.97 Å². The normalized spacial score (nSPS) is 17.6. The highest BCUT2D eigenvalue weighted by Gasteiger charge is 2.23. The van der Waals surface area contributed by atoms with E-state index in [0.29, 0.717) is 17.7 Å². The lowest BCUT2D eigenvalue weighted by molar-refractivity contribution is 0.0723. The van der Waals surface area contributed by atoms with Gasteiger partial charge in [-0.1, -0.05) is 69.7 Å². The summed E-state index contributed by atoms with van der Waals surface area (Å²) in [6.07, 6.45) is 9.84. The zero-order chi connectivity index (χ0) is 26.5. The Morgan fingerprint density at radius 3 is 1.84 bits per heavy atom. The molecule has 0 radical (unpaired) electrons. The van der Waals surface area contributed by atoms with E-state index in [4.69, 9.17) is 0 Å². The van der Waals surface area contributed by atoms with Crippen LogP contribution >= 0.6 is 0 Å². The van der Waals surface area contributed by atoms with Crippen molar-refractivity contribution in [2.45, 2.75) is 58.3 Å². The molecule has 3 aromatic rings. The van der Waals surface area contributed by atoms with Gasteiger partial charge in [-0.05, 0) is 53.5 Å². The van der Waals surface area contributed by atoms with Crippen LogP contribution in [0.5, 0.6) is 5.75 Å². The molecular formula is C30H29F5O2. The summed E-state index contributed by atoms with van der Waals surface area (Å²) in [5.74, 6) is -7.91. The summed E-state index contributed by atoms with van der Waals surface area (Å²) in [6.45, 7) is 2.24. The van der Waals surface area contributed by atoms with Gasteiger partial charge in [-0.25, -0.2) is 26.7 Å². The number of hydrogen-bond acceptors (Lipinski definition) is 2. The molecule has 1 saturated carbocycles. The van der Waals surface area contributed by atoms with Gasteiger partial charge in [-0.2, -0.15) is 0 Å². The van der Waals surface area contributed by atoms with E-state index in [1.165, 1.54) is 38.5 Å². The van der Waals surface area contributed by atoms with Gasteiger partial charge in [-0.15, -0.1) is 0 Å². The monoisotopic (exact) mass is 516 g/mol. The Balaban J connectivity index is 1.40. The van der Waals surface area contributed by atoms with Gasteiger partial charge in [0.1, 0.15) is 22.9 Å². The molecule has 4 rings (SSSR count). The van der Waals surface area contributed by atoms with Crippen LogP contribution in [0.2, 0.25) is 0 Å². The van der Waals surface area contributed by atoms with Crippen molar-refractivity contribution < 1.29 is 31.5 Å². The minimum atomic E-state index is -1.75. The lowest BCUT2D eigenvalue weighted by Crippen LogP contribution is -2.15. The summed E-state index contributed by atoms with van der Waals surface area (Å²) in [5.41, 5.74) is 0.939. The molecule has 1 aliphatic rings. The van der Waals surface area contributed by atoms with Crippen LogP contribution in [0, 0.1) is 40.9 Å². The third kappa shape index (κ3) is 6.56. The van der Waals surface area contributed by atoms with Crippen molar-refractivity contribution in [1.82, 2.24) is 0 Å². The van der Waals surface area contributed by atoms with Crippen LogP contribution in [0.15, 0.2) is 48.5 Å². The topological polar surface area (TPSA) is 26.3 Å². The maximum Gasteiger partial charge on any atom is 0.349 e. The smallest absolute Gasteiger partial charge is 0.349 e. The highest BCUT2D eigenvalue weighted by molar-refractivity contribution is 5.92. The van der Waals surface area contributed by atoms with Crippen LogP contribution in [0.1, 0.15) is 67.8 Å². The van der Waals surface area contributed by atoms with Gasteiger partial charge in [0, 0.05) is 12.1 Å². The molecule has 7 heteroatoms. The molecule has 0 aromatic heterocycles. The quantitative estimate of drug-likeness (QED) is 0.129. The molecule has 1 aliphatic carbocycles. The summed E-state index contributed by atoms with van der Waals surface area (Å²) in [6, 6.07) is 10.3. The van der Waals surface area contributed by atoms with Crippen molar-refractivity contribution in [1.29, 1.82) is 0 Å². The molecule has 0 N–H and O–H groups in total. The Morgan fingerprint density at radius 1 is 0.757 bits per heavy atom. The van der Waals surface area contributed by atoms with Gasteiger partial charge in [0.05, 0.1) is 0 Å². The van der Waals surface area contributed by atoms with Crippen molar-refractivity contribution in [3.05, 3.63) is 88.7 Å². The van der Waals surface area contributed by atoms with Crippen LogP contribution in [-0.2, 0) is 6.42 Å². The number of aryl methyl sites for hydroxylation is 1. The third-order valence-corrected chi connectivity index (χ3v) is 7.21. The van der Waals surface area contributed by atoms with Crippen molar-refractivity contribution in [2.24, 2.45) is 11.8 Å². The van der Waals surface area contributed by atoms with Crippen LogP contribution in [0.25, 0.3) is 11.1 Å². The van der Waals surface area contributed by atoms with Crippen molar-refractivity contribution in [2.75, 3.05) is 0 Å². The standard InChI is InChI=1S/C30H29F5O2/c1-2-3-18-4-6-19(7-5-18)8-9-20-10-12-21(13-11-20)22-14-24(31)28(25(32)15-22)30(36)37-23-16-26(33)29(35)27(34)17-23/h10-19H,2-9H2,1H3. The van der Waals surface area contributed by atoms with Crippen molar-refractivity contribution in [3.8, 4) is 16.9 Å². The van der Waals surface area contributed by atoms with E-state index in [0.717, 1.165) is 42.4 Å². The van der Waals surface area contributed by atoms with E-state index in [1.54, 1.807) is 12.1 Å². The Bertz CT molecular complexity index is 1200. The second-order valence-electron chi connectivity index (χ2n) is 9.82. The molecule has 2 nitrogen and oxygen atoms in total. The molecule has 196 valence electrons. The first-order valence-corrected chi connectivity index (χ1v) is 12.7. The number of rotatable bonds is 8. The van der Waals surface area contributed by atoms with Crippen molar-refractivity contribution in [3.63, 3.8) is 0 Å². The maximum absolute atomic E-state index is 14.7. The zero-order valence-electron chi connectivity index (χ0n) is 20.6. The van der Waals surface area contributed by atoms with E-state index in [-0.39, 0.29) is 5.56 Å². The first kappa shape index (κ1) is 26.8. The third-order valence-electron chi connectivity index (χ3n) is 7.21. The molecule has 37 heavy (non-hydrogen) atoms. The summed E-state index contributed by atoms with van der Waals surface area (Å²) in [7, 11) is 0. The van der Waals surface area contributed by atoms with Gasteiger partial charge in [0.25, 0.3) is 0 Å². The lowest BCUT2D eigenvalue weighted by atomic mass is 9.78. The highest BCUT2D eigenvalue weighted by Crippen LogP contribution is 2.34. The van der Waals surface area contributed by atoms with Crippen LogP contribution < -0.4 is 4.74 Å². The predicted molar refractivity (Wildman–Crippen MR) is 132 cm³/mol. The lowest BCUT2D eigenvalue weighted by Gasteiger charge is -2.28. The average molecular weight is 517 g/mol. The SMILES string of the molecule is CCCC1CCC(CCc2ccc(-c3cc(F)c(C(=O)Oc4cc(F)c(F)c(F)c4)c(F)c3)cc2)CC1. The first-order chi connectivity index (χ1) is 17.7. The molecule has 0 aliphatic heterocycles. The van der Waals surface area contributed by atoms with Gasteiger partial charge in [-0.3, -0.25) is 0 Å². The fraction of sp³-hybridized carbons (Fsp3) is 0.367. The van der Waals surface area contributed by atoms with E-state index in [9.17, 15) is 26.7 Å². The molecule has 1 fully saturated rings. The van der Waals surface area contributed by atoms with Gasteiger partial charge in [0.15, 0.2) is 17.5 Å². The predicted octanol–water partition coefficient (Wildman–Crippen LogP) is 8.81. The molecule has 0 unspecified atom stereocenters. The Labute approximate surface area is 213 Å².